The standard InChI is InChI=1S/C29H34N2O3/c1-17(2)11-14-33-29-16-20-19-7-5-6-8-21(19)30-26(20)27(3)28(29)12-13-31(4)23(29)15-18-9-10-22(32)25(34-27)24(18)28/h5-10,17,23,30,32H,11-16H2,1-4H3/t23-,27-,28-,29+/m0/s1. The van der Waals surface area contributed by atoms with E-state index in [9.17, 15) is 5.11 Å². The third-order valence-electron chi connectivity index (χ3n) is 9.60. The van der Waals surface area contributed by atoms with Crippen molar-refractivity contribution in [1.82, 2.24) is 9.88 Å². The molecular formula is C29H34N2O3. The highest BCUT2D eigenvalue weighted by atomic mass is 16.5. The lowest BCUT2D eigenvalue weighted by Crippen LogP contribution is -2.78. The second-order valence-electron chi connectivity index (χ2n) is 11.6. The molecule has 1 spiro atoms. The molecule has 2 N–H and O–H groups in total. The summed E-state index contributed by atoms with van der Waals surface area (Å²) in [4.78, 5) is 6.29. The maximum atomic E-state index is 11.0. The van der Waals surface area contributed by atoms with Crippen LogP contribution in [0.3, 0.4) is 0 Å². The van der Waals surface area contributed by atoms with Crippen molar-refractivity contribution in [2.45, 2.75) is 69.1 Å². The Kier molecular flexibility index (Phi) is 4.03. The topological polar surface area (TPSA) is 57.7 Å². The van der Waals surface area contributed by atoms with Crippen molar-refractivity contribution in [2.75, 3.05) is 20.2 Å². The van der Waals surface area contributed by atoms with Gasteiger partial charge in [-0.15, -0.1) is 0 Å². The number of aromatic nitrogens is 1. The number of nitrogens with one attached hydrogen (secondary N) is 1. The molecule has 5 heteroatoms. The molecule has 5 nitrogen and oxygen atoms in total. The molecule has 2 aromatic carbocycles. The number of rotatable bonds is 4. The summed E-state index contributed by atoms with van der Waals surface area (Å²) < 4.78 is 14.2. The number of nitrogens with zero attached hydrogens (tertiary/aromatic N) is 1. The van der Waals surface area contributed by atoms with Crippen molar-refractivity contribution < 1.29 is 14.6 Å². The molecule has 0 unspecified atom stereocenters. The number of likely N-dealkylation sites (tertiary alicyclic amines) is 1. The SMILES string of the molecule is CC(C)CCO[C@@]12Cc3c([nH]c4ccccc34)[C@]3(C)Oc4c(O)ccc5c4[C@@]31CCN(C)[C@H]2C5. The van der Waals surface area contributed by atoms with Gasteiger partial charge in [0.2, 0.25) is 0 Å². The van der Waals surface area contributed by atoms with E-state index in [0.29, 0.717) is 11.7 Å². The molecule has 0 radical (unpaired) electrons. The maximum absolute atomic E-state index is 11.0. The van der Waals surface area contributed by atoms with E-state index in [1.807, 2.05) is 6.07 Å². The normalized spacial score (nSPS) is 33.1. The molecule has 1 aromatic heterocycles. The van der Waals surface area contributed by atoms with Gasteiger partial charge in [0.25, 0.3) is 0 Å². The van der Waals surface area contributed by atoms with Crippen molar-refractivity contribution in [3.8, 4) is 11.5 Å². The number of ether oxygens (including phenoxy) is 2. The first-order valence-corrected chi connectivity index (χ1v) is 12.8. The van der Waals surface area contributed by atoms with Gasteiger partial charge < -0.3 is 24.5 Å². The van der Waals surface area contributed by atoms with Gasteiger partial charge in [0.05, 0.1) is 11.1 Å². The van der Waals surface area contributed by atoms with Crippen LogP contribution in [0.4, 0.5) is 0 Å². The Morgan fingerprint density at radius 3 is 2.88 bits per heavy atom. The number of piperidine rings is 1. The Bertz CT molecular complexity index is 1330. The van der Waals surface area contributed by atoms with Crippen LogP contribution in [0.5, 0.6) is 11.5 Å². The number of fused-ring (bicyclic) bond motifs is 4. The molecule has 3 aromatic rings. The quantitative estimate of drug-likeness (QED) is 0.575. The first kappa shape index (κ1) is 20.8. The molecule has 1 fully saturated rings. The number of H-pyrrole nitrogens is 1. The van der Waals surface area contributed by atoms with Gasteiger partial charge in [0.1, 0.15) is 5.60 Å². The number of para-hydroxylation sites is 1. The summed E-state index contributed by atoms with van der Waals surface area (Å²) in [6.45, 7) is 8.50. The molecule has 4 aliphatic rings. The number of phenols is 1. The van der Waals surface area contributed by atoms with Crippen LogP contribution in [0.1, 0.15) is 56.0 Å². The van der Waals surface area contributed by atoms with Gasteiger partial charge in [-0.25, -0.2) is 0 Å². The van der Waals surface area contributed by atoms with Gasteiger partial charge in [-0.05, 0) is 69.0 Å². The summed E-state index contributed by atoms with van der Waals surface area (Å²) in [6, 6.07) is 12.8. The van der Waals surface area contributed by atoms with Crippen LogP contribution in [0.2, 0.25) is 0 Å². The maximum Gasteiger partial charge on any atom is 0.166 e. The number of aromatic hydroxyl groups is 1. The summed E-state index contributed by atoms with van der Waals surface area (Å²) in [6.07, 6.45) is 3.75. The fraction of sp³-hybridized carbons (Fsp3) is 0.517. The fourth-order valence-electron chi connectivity index (χ4n) is 8.08. The lowest BCUT2D eigenvalue weighted by Gasteiger charge is -2.66. The molecule has 2 bridgehead atoms. The molecule has 4 atom stereocenters. The van der Waals surface area contributed by atoms with E-state index < -0.39 is 11.2 Å². The van der Waals surface area contributed by atoms with Gasteiger partial charge >= 0.3 is 0 Å². The Balaban J connectivity index is 1.57. The molecule has 0 saturated carbocycles. The average molecular weight is 459 g/mol. The predicted octanol–water partition coefficient (Wildman–Crippen LogP) is 5.04. The molecule has 3 heterocycles. The molecule has 2 aliphatic heterocycles. The highest BCUT2D eigenvalue weighted by Crippen LogP contribution is 2.71. The van der Waals surface area contributed by atoms with Crippen LogP contribution in [0.25, 0.3) is 10.9 Å². The van der Waals surface area contributed by atoms with Gasteiger partial charge in [0, 0.05) is 35.5 Å². The minimum atomic E-state index is -0.646. The number of aromatic amines is 1. The fourth-order valence-corrected chi connectivity index (χ4v) is 8.08. The van der Waals surface area contributed by atoms with Crippen LogP contribution in [0.15, 0.2) is 36.4 Å². The van der Waals surface area contributed by atoms with Crippen molar-refractivity contribution in [2.24, 2.45) is 5.92 Å². The predicted molar refractivity (Wildman–Crippen MR) is 133 cm³/mol. The lowest BCUT2D eigenvalue weighted by atomic mass is 9.45. The van der Waals surface area contributed by atoms with Gasteiger partial charge in [0.15, 0.2) is 17.1 Å². The van der Waals surface area contributed by atoms with E-state index in [0.717, 1.165) is 50.0 Å². The van der Waals surface area contributed by atoms with Crippen molar-refractivity contribution in [1.29, 1.82) is 0 Å². The van der Waals surface area contributed by atoms with Crippen molar-refractivity contribution in [3.63, 3.8) is 0 Å². The van der Waals surface area contributed by atoms with E-state index in [4.69, 9.17) is 9.47 Å². The number of phenolic OH excluding ortho intramolecular Hbond substituents is 1. The van der Waals surface area contributed by atoms with Crippen LogP contribution in [0, 0.1) is 5.92 Å². The first-order valence-electron chi connectivity index (χ1n) is 12.8. The van der Waals surface area contributed by atoms with E-state index >= 15 is 0 Å². The second kappa shape index (κ2) is 6.58. The Labute approximate surface area is 201 Å². The number of hydrogen-bond acceptors (Lipinski definition) is 4. The van der Waals surface area contributed by atoms with E-state index in [1.54, 1.807) is 0 Å². The molecule has 2 aliphatic carbocycles. The summed E-state index contributed by atoms with van der Waals surface area (Å²) in [5.74, 6) is 1.50. The van der Waals surface area contributed by atoms with Crippen LogP contribution in [-0.2, 0) is 28.6 Å². The molecule has 178 valence electrons. The van der Waals surface area contributed by atoms with Crippen LogP contribution >= 0.6 is 0 Å². The van der Waals surface area contributed by atoms with Gasteiger partial charge in [-0.1, -0.05) is 38.1 Å². The minimum absolute atomic E-state index is 0.245. The second-order valence-corrected chi connectivity index (χ2v) is 11.6. The molecule has 0 amide bonds. The van der Waals surface area contributed by atoms with Gasteiger partial charge in [-0.2, -0.15) is 0 Å². The Morgan fingerprint density at radius 2 is 2.06 bits per heavy atom. The summed E-state index contributed by atoms with van der Waals surface area (Å²) in [5.41, 5.74) is 4.69. The van der Waals surface area contributed by atoms with E-state index in [1.165, 1.54) is 22.1 Å². The average Bonchev–Trinajstić information content (AvgIpc) is 3.31. The van der Waals surface area contributed by atoms with Crippen LogP contribution < -0.4 is 4.74 Å². The molecule has 1 saturated heterocycles. The van der Waals surface area contributed by atoms with Crippen molar-refractivity contribution >= 4 is 10.9 Å². The molecule has 34 heavy (non-hydrogen) atoms. The number of benzene rings is 2. The summed E-state index contributed by atoms with van der Waals surface area (Å²) in [7, 11) is 2.26. The first-order chi connectivity index (χ1) is 16.3. The lowest BCUT2D eigenvalue weighted by molar-refractivity contribution is -0.223. The molecule has 7 rings (SSSR count). The molecular weight excluding hydrogens is 424 g/mol. The zero-order valence-corrected chi connectivity index (χ0v) is 20.6. The van der Waals surface area contributed by atoms with Crippen molar-refractivity contribution in [3.05, 3.63) is 58.8 Å². The Hall–Kier alpha value is -2.50. The Morgan fingerprint density at radius 1 is 1.24 bits per heavy atom. The summed E-state index contributed by atoms with van der Waals surface area (Å²) in [5, 5.41) is 12.3. The zero-order valence-electron chi connectivity index (χ0n) is 20.6. The highest BCUT2D eigenvalue weighted by Gasteiger charge is 2.78. The monoisotopic (exact) mass is 458 g/mol. The third-order valence-corrected chi connectivity index (χ3v) is 9.60. The van der Waals surface area contributed by atoms with E-state index in [-0.39, 0.29) is 17.2 Å². The zero-order chi connectivity index (χ0) is 23.5. The van der Waals surface area contributed by atoms with E-state index in [2.05, 4.69) is 68.0 Å². The third kappa shape index (κ3) is 2.19. The highest BCUT2D eigenvalue weighted by molar-refractivity contribution is 5.86. The minimum Gasteiger partial charge on any atom is -0.504 e. The largest absolute Gasteiger partial charge is 0.504 e. The van der Waals surface area contributed by atoms with Gasteiger partial charge in [-0.3, -0.25) is 0 Å². The van der Waals surface area contributed by atoms with Crippen LogP contribution in [-0.4, -0.2) is 46.8 Å². The summed E-state index contributed by atoms with van der Waals surface area (Å²) >= 11 is 0. The number of hydrogen-bond donors (Lipinski definition) is 2. The number of likely N-dealkylation sites (N-methyl/N-ethyl adjacent to an activating group) is 1. The smallest absolute Gasteiger partial charge is 0.166 e.